The maximum atomic E-state index is 13.0. The van der Waals surface area contributed by atoms with Crippen LogP contribution in [-0.4, -0.2) is 39.8 Å². The normalized spacial score (nSPS) is 15.4. The molecule has 0 spiro atoms. The van der Waals surface area contributed by atoms with Gasteiger partial charge < -0.3 is 9.30 Å². The lowest BCUT2D eigenvalue weighted by Crippen LogP contribution is -2.24. The fourth-order valence-corrected chi connectivity index (χ4v) is 4.23. The van der Waals surface area contributed by atoms with Crippen molar-refractivity contribution in [3.8, 4) is 17.3 Å². The van der Waals surface area contributed by atoms with Crippen LogP contribution in [0.2, 0.25) is 0 Å². The predicted octanol–water partition coefficient (Wildman–Crippen LogP) is 3.77. The lowest BCUT2D eigenvalue weighted by Gasteiger charge is -2.26. The van der Waals surface area contributed by atoms with Gasteiger partial charge in [-0.3, -0.25) is 0 Å². The van der Waals surface area contributed by atoms with E-state index < -0.39 is 21.7 Å². The third kappa shape index (κ3) is 3.62. The van der Waals surface area contributed by atoms with Crippen LogP contribution in [0, 0.1) is 0 Å². The van der Waals surface area contributed by atoms with Crippen LogP contribution < -0.4 is 4.74 Å². The highest BCUT2D eigenvalue weighted by molar-refractivity contribution is 7.91. The Bertz CT molecular complexity index is 1220. The van der Waals surface area contributed by atoms with Gasteiger partial charge in [-0.1, -0.05) is 6.92 Å². The first-order chi connectivity index (χ1) is 14.1. The number of rotatable bonds is 5. The molecule has 0 bridgehead atoms. The number of hydrogen-bond acceptors (Lipinski definition) is 6. The number of alkyl halides is 3. The van der Waals surface area contributed by atoms with Gasteiger partial charge in [0.2, 0.25) is 0 Å². The van der Waals surface area contributed by atoms with Gasteiger partial charge in [0.1, 0.15) is 22.0 Å². The highest BCUT2D eigenvalue weighted by Crippen LogP contribution is 2.34. The Hall–Kier alpha value is -2.69. The second-order valence-electron chi connectivity index (χ2n) is 7.14. The molecule has 3 heterocycles. The topological polar surface area (TPSA) is 87.0 Å². The van der Waals surface area contributed by atoms with E-state index in [1.807, 2.05) is 0 Å². The van der Waals surface area contributed by atoms with Crippen LogP contribution in [0.4, 0.5) is 13.2 Å². The number of halogens is 3. The van der Waals surface area contributed by atoms with E-state index in [0.29, 0.717) is 11.3 Å². The summed E-state index contributed by atoms with van der Waals surface area (Å²) < 4.78 is 71.7. The highest BCUT2D eigenvalue weighted by atomic mass is 32.2. The first-order valence-corrected chi connectivity index (χ1v) is 11.0. The molecule has 0 unspecified atom stereocenters. The van der Waals surface area contributed by atoms with Crippen LogP contribution in [0.5, 0.6) is 5.75 Å². The monoisotopic (exact) mass is 440 g/mol. The van der Waals surface area contributed by atoms with Crippen molar-refractivity contribution in [1.82, 2.24) is 19.5 Å². The molecule has 160 valence electrons. The summed E-state index contributed by atoms with van der Waals surface area (Å²) in [7, 11) is -2.13. The molecule has 0 amide bonds. The second-order valence-corrected chi connectivity index (χ2v) is 9.39. The Kier molecular flexibility index (Phi) is 4.95. The minimum Gasteiger partial charge on any atom is -0.489 e. The Morgan fingerprint density at radius 2 is 1.93 bits per heavy atom. The highest BCUT2D eigenvalue weighted by Gasteiger charge is 2.33. The third-order valence-corrected chi connectivity index (χ3v) is 6.91. The summed E-state index contributed by atoms with van der Waals surface area (Å²) in [5.74, 6) is 0.307. The smallest absolute Gasteiger partial charge is 0.433 e. The van der Waals surface area contributed by atoms with Crippen molar-refractivity contribution in [2.75, 3.05) is 5.75 Å². The maximum Gasteiger partial charge on any atom is 0.433 e. The molecule has 0 N–H and O–H groups in total. The SMILES string of the molecule is CCS(=O)(=O)c1cc(OC2CCC2)cnc1-c1nc2cc(C(F)(F)F)ncc2n1C. The molecule has 0 saturated heterocycles. The van der Waals surface area contributed by atoms with Gasteiger partial charge in [-0.05, 0) is 25.3 Å². The summed E-state index contributed by atoms with van der Waals surface area (Å²) in [6, 6.07) is 2.25. The summed E-state index contributed by atoms with van der Waals surface area (Å²) in [5, 5.41) is 0. The summed E-state index contributed by atoms with van der Waals surface area (Å²) in [5.41, 5.74) is -0.635. The minimum absolute atomic E-state index is 0.0393. The minimum atomic E-state index is -4.61. The summed E-state index contributed by atoms with van der Waals surface area (Å²) in [6.45, 7) is 1.51. The molecule has 7 nitrogen and oxygen atoms in total. The quantitative estimate of drug-likeness (QED) is 0.600. The summed E-state index contributed by atoms with van der Waals surface area (Å²) in [4.78, 5) is 11.9. The van der Waals surface area contributed by atoms with Gasteiger partial charge in [0, 0.05) is 13.1 Å². The molecule has 4 rings (SSSR count). The molecule has 1 saturated carbocycles. The standard InChI is InChI=1S/C19H19F3N4O3S/c1-3-30(27,28)15-7-12(29-11-5-4-6-11)9-24-17(15)18-25-13-8-16(19(20,21)22)23-10-14(13)26(18)2/h7-11H,3-6H2,1-2H3. The van der Waals surface area contributed by atoms with E-state index in [-0.39, 0.29) is 33.8 Å². The lowest BCUT2D eigenvalue weighted by molar-refractivity contribution is -0.141. The average Bonchev–Trinajstić information content (AvgIpc) is 3.00. The molecule has 30 heavy (non-hydrogen) atoms. The van der Waals surface area contributed by atoms with Gasteiger partial charge in [-0.2, -0.15) is 13.2 Å². The Morgan fingerprint density at radius 1 is 1.20 bits per heavy atom. The lowest BCUT2D eigenvalue weighted by atomic mass is 9.96. The molecule has 11 heteroatoms. The molecule has 0 radical (unpaired) electrons. The Balaban J connectivity index is 1.86. The van der Waals surface area contributed by atoms with Crippen LogP contribution in [0.25, 0.3) is 22.6 Å². The molecule has 0 atom stereocenters. The van der Waals surface area contributed by atoms with E-state index in [9.17, 15) is 21.6 Å². The molecule has 0 aliphatic heterocycles. The third-order valence-electron chi connectivity index (χ3n) is 5.17. The van der Waals surface area contributed by atoms with Gasteiger partial charge in [0.05, 0.1) is 35.3 Å². The summed E-state index contributed by atoms with van der Waals surface area (Å²) in [6.07, 6.45) is 0.772. The van der Waals surface area contributed by atoms with E-state index in [4.69, 9.17) is 4.74 Å². The fourth-order valence-electron chi connectivity index (χ4n) is 3.19. The van der Waals surface area contributed by atoms with E-state index in [0.717, 1.165) is 31.5 Å². The molecule has 1 aliphatic rings. The first kappa shape index (κ1) is 20.6. The van der Waals surface area contributed by atoms with E-state index in [2.05, 4.69) is 15.0 Å². The fraction of sp³-hybridized carbons (Fsp3) is 0.421. The molecular weight excluding hydrogens is 421 g/mol. The van der Waals surface area contributed by atoms with Crippen molar-refractivity contribution in [2.45, 2.75) is 43.4 Å². The number of nitrogens with zero attached hydrogens (tertiary/aromatic N) is 4. The van der Waals surface area contributed by atoms with E-state index >= 15 is 0 Å². The van der Waals surface area contributed by atoms with E-state index in [1.165, 1.54) is 23.8 Å². The zero-order chi connectivity index (χ0) is 21.7. The molecular formula is C19H19F3N4O3S. The van der Waals surface area contributed by atoms with Crippen LogP contribution in [0.15, 0.2) is 29.4 Å². The Labute approximate surface area is 170 Å². The summed E-state index contributed by atoms with van der Waals surface area (Å²) >= 11 is 0. The van der Waals surface area contributed by atoms with Crippen molar-refractivity contribution in [1.29, 1.82) is 0 Å². The number of fused-ring (bicyclic) bond motifs is 1. The largest absolute Gasteiger partial charge is 0.489 e. The number of aryl methyl sites for hydroxylation is 1. The second kappa shape index (κ2) is 7.22. The van der Waals surface area contributed by atoms with Crippen molar-refractivity contribution in [2.24, 2.45) is 7.05 Å². The number of pyridine rings is 2. The number of hydrogen-bond donors (Lipinski definition) is 0. The maximum absolute atomic E-state index is 13.0. The number of sulfone groups is 1. The Morgan fingerprint density at radius 3 is 2.53 bits per heavy atom. The van der Waals surface area contributed by atoms with Crippen molar-refractivity contribution in [3.63, 3.8) is 0 Å². The van der Waals surface area contributed by atoms with Gasteiger partial charge in [-0.25, -0.2) is 23.4 Å². The van der Waals surface area contributed by atoms with E-state index in [1.54, 1.807) is 7.05 Å². The number of imidazole rings is 1. The van der Waals surface area contributed by atoms with Crippen LogP contribution in [0.3, 0.4) is 0 Å². The van der Waals surface area contributed by atoms with Gasteiger partial charge in [0.15, 0.2) is 15.7 Å². The van der Waals surface area contributed by atoms with Gasteiger partial charge >= 0.3 is 6.18 Å². The molecule has 3 aromatic rings. The van der Waals surface area contributed by atoms with Crippen LogP contribution in [0.1, 0.15) is 31.9 Å². The van der Waals surface area contributed by atoms with Crippen molar-refractivity contribution >= 4 is 20.9 Å². The first-order valence-electron chi connectivity index (χ1n) is 9.39. The van der Waals surface area contributed by atoms with Crippen LogP contribution >= 0.6 is 0 Å². The molecule has 1 fully saturated rings. The number of ether oxygens (including phenoxy) is 1. The predicted molar refractivity (Wildman–Crippen MR) is 103 cm³/mol. The van der Waals surface area contributed by atoms with Crippen molar-refractivity contribution < 1.29 is 26.3 Å². The zero-order valence-corrected chi connectivity index (χ0v) is 17.1. The molecule has 3 aromatic heterocycles. The van der Waals surface area contributed by atoms with Crippen LogP contribution in [-0.2, 0) is 23.1 Å². The zero-order valence-electron chi connectivity index (χ0n) is 16.3. The number of aromatic nitrogens is 4. The van der Waals surface area contributed by atoms with Gasteiger partial charge in [0.25, 0.3) is 0 Å². The van der Waals surface area contributed by atoms with Crippen molar-refractivity contribution in [3.05, 3.63) is 30.2 Å². The van der Waals surface area contributed by atoms with Gasteiger partial charge in [-0.15, -0.1) is 0 Å². The average molecular weight is 440 g/mol. The molecule has 0 aromatic carbocycles. The molecule has 1 aliphatic carbocycles.